The van der Waals surface area contributed by atoms with Crippen LogP contribution in [0, 0.1) is 17.3 Å². The number of methoxy groups -OCH3 is 1. The van der Waals surface area contributed by atoms with E-state index in [0.29, 0.717) is 12.0 Å². The van der Waals surface area contributed by atoms with Gasteiger partial charge in [0.05, 0.1) is 18.6 Å². The summed E-state index contributed by atoms with van der Waals surface area (Å²) in [5.41, 5.74) is 2.88. The third-order valence-corrected chi connectivity index (χ3v) is 8.91. The highest BCUT2D eigenvalue weighted by molar-refractivity contribution is 5.82. The molecule has 4 fully saturated rings. The van der Waals surface area contributed by atoms with Crippen LogP contribution in [-0.4, -0.2) is 42.6 Å². The lowest BCUT2D eigenvalue weighted by molar-refractivity contribution is -0.150. The first-order valence-electron chi connectivity index (χ1n) is 9.81. The molecule has 0 aromatic heterocycles. The van der Waals surface area contributed by atoms with E-state index in [1.165, 1.54) is 43.6 Å². The van der Waals surface area contributed by atoms with E-state index >= 15 is 0 Å². The Bertz CT molecular complexity index is 794. The fourth-order valence-electron chi connectivity index (χ4n) is 8.44. The quantitative estimate of drug-likeness (QED) is 0.800. The predicted octanol–water partition coefficient (Wildman–Crippen LogP) is 2.79. The molecule has 3 spiro atoms. The summed E-state index contributed by atoms with van der Waals surface area (Å²) in [5, 5.41) is 3.96. The molecule has 0 unspecified atom stereocenters. The minimum Gasteiger partial charge on any atom is -0.469 e. The van der Waals surface area contributed by atoms with Crippen molar-refractivity contribution in [3.8, 4) is 0 Å². The Balaban J connectivity index is 1.67. The summed E-state index contributed by atoms with van der Waals surface area (Å²) < 4.78 is 5.32. The van der Waals surface area contributed by atoms with Crippen molar-refractivity contribution >= 4 is 11.7 Å². The van der Waals surface area contributed by atoms with Crippen molar-refractivity contribution in [2.75, 3.05) is 25.5 Å². The Morgan fingerprint density at radius 2 is 2.12 bits per heavy atom. The monoisotopic (exact) mass is 338 g/mol. The molecule has 3 heterocycles. The normalized spacial score (nSPS) is 48.6. The summed E-state index contributed by atoms with van der Waals surface area (Å²) in [6.07, 6.45) is 4.69. The largest absolute Gasteiger partial charge is 0.469 e. The molecule has 5 aliphatic rings. The van der Waals surface area contributed by atoms with E-state index in [0.717, 1.165) is 6.42 Å². The number of hydrogen-bond donors (Lipinski definition) is 1. The van der Waals surface area contributed by atoms with Gasteiger partial charge in [-0.25, -0.2) is 0 Å². The predicted molar refractivity (Wildman–Crippen MR) is 95.4 cm³/mol. The fraction of sp³-hybridized carbons (Fsp3) is 0.667. The highest BCUT2D eigenvalue weighted by atomic mass is 16.5. The Hall–Kier alpha value is -1.55. The molecule has 0 radical (unpaired) electrons. The zero-order valence-electron chi connectivity index (χ0n) is 15.0. The molecule has 2 saturated heterocycles. The first kappa shape index (κ1) is 14.6. The van der Waals surface area contributed by atoms with Crippen LogP contribution in [-0.2, 0) is 14.9 Å². The molecule has 0 amide bonds. The van der Waals surface area contributed by atoms with E-state index in [1.54, 1.807) is 7.11 Å². The first-order chi connectivity index (χ1) is 12.1. The van der Waals surface area contributed by atoms with Gasteiger partial charge in [-0.1, -0.05) is 25.1 Å². The molecular weight excluding hydrogens is 312 g/mol. The SMILES string of the molecule is COC(=O)[C@@H]1C[C@]23CCCN4CC[C@@]5(c6ccccc6N[C@]15[C@H]2C)[C@@H]43. The van der Waals surface area contributed by atoms with Crippen LogP contribution in [0.3, 0.4) is 0 Å². The molecule has 6 atom stereocenters. The Kier molecular flexibility index (Phi) is 2.47. The molecule has 2 bridgehead atoms. The van der Waals surface area contributed by atoms with Crippen molar-refractivity contribution in [2.24, 2.45) is 17.3 Å². The van der Waals surface area contributed by atoms with Crippen LogP contribution in [0.25, 0.3) is 0 Å². The van der Waals surface area contributed by atoms with Crippen molar-refractivity contribution in [3.05, 3.63) is 29.8 Å². The minimum atomic E-state index is -0.173. The van der Waals surface area contributed by atoms with Gasteiger partial charge in [0.1, 0.15) is 0 Å². The third kappa shape index (κ3) is 1.23. The number of ether oxygens (including phenoxy) is 1. The van der Waals surface area contributed by atoms with Crippen molar-refractivity contribution in [1.29, 1.82) is 0 Å². The number of nitrogens with zero attached hydrogens (tertiary/aromatic N) is 1. The zero-order chi connectivity index (χ0) is 17.0. The molecule has 4 nitrogen and oxygen atoms in total. The van der Waals surface area contributed by atoms with Gasteiger partial charge >= 0.3 is 5.97 Å². The molecule has 25 heavy (non-hydrogen) atoms. The summed E-state index contributed by atoms with van der Waals surface area (Å²) >= 11 is 0. The van der Waals surface area contributed by atoms with Crippen LogP contribution >= 0.6 is 0 Å². The topological polar surface area (TPSA) is 41.6 Å². The summed E-state index contributed by atoms with van der Waals surface area (Å²) in [5.74, 6) is 0.449. The number of nitrogens with one attached hydrogen (secondary N) is 1. The number of hydrogen-bond acceptors (Lipinski definition) is 4. The van der Waals surface area contributed by atoms with Crippen molar-refractivity contribution in [2.45, 2.75) is 49.6 Å². The van der Waals surface area contributed by atoms with Crippen molar-refractivity contribution in [1.82, 2.24) is 4.90 Å². The molecule has 1 aromatic rings. The number of anilines is 1. The van der Waals surface area contributed by atoms with Gasteiger partial charge in [-0.15, -0.1) is 0 Å². The lowest BCUT2D eigenvalue weighted by Crippen LogP contribution is -2.63. The summed E-state index contributed by atoms with van der Waals surface area (Å²) in [6.45, 7) is 4.82. The van der Waals surface area contributed by atoms with Crippen LogP contribution in [0.2, 0.25) is 0 Å². The summed E-state index contributed by atoms with van der Waals surface area (Å²) in [6, 6.07) is 9.42. The van der Waals surface area contributed by atoms with Gasteiger partial charge < -0.3 is 10.1 Å². The average Bonchev–Trinajstić information content (AvgIpc) is 3.29. The number of para-hydroxylation sites is 1. The highest BCUT2D eigenvalue weighted by Crippen LogP contribution is 2.79. The maximum atomic E-state index is 12.9. The molecule has 2 aliphatic carbocycles. The second-order valence-electron chi connectivity index (χ2n) is 9.04. The van der Waals surface area contributed by atoms with E-state index in [4.69, 9.17) is 4.74 Å². The van der Waals surface area contributed by atoms with E-state index in [2.05, 4.69) is 41.4 Å². The van der Waals surface area contributed by atoms with Crippen molar-refractivity contribution in [3.63, 3.8) is 0 Å². The van der Waals surface area contributed by atoms with Gasteiger partial charge in [-0.3, -0.25) is 9.69 Å². The number of carbonyl (C=O) groups excluding carboxylic acids is 1. The van der Waals surface area contributed by atoms with Gasteiger partial charge in [0.2, 0.25) is 0 Å². The van der Waals surface area contributed by atoms with E-state index in [1.807, 2.05) is 0 Å². The maximum absolute atomic E-state index is 12.9. The summed E-state index contributed by atoms with van der Waals surface area (Å²) in [4.78, 5) is 15.7. The number of benzene rings is 1. The lowest BCUT2D eigenvalue weighted by atomic mass is 9.56. The van der Waals surface area contributed by atoms with E-state index in [-0.39, 0.29) is 28.3 Å². The van der Waals surface area contributed by atoms with Gasteiger partial charge in [0.15, 0.2) is 0 Å². The van der Waals surface area contributed by atoms with Gasteiger partial charge in [-0.05, 0) is 61.7 Å². The van der Waals surface area contributed by atoms with Crippen molar-refractivity contribution < 1.29 is 9.53 Å². The third-order valence-electron chi connectivity index (χ3n) is 8.91. The molecule has 132 valence electrons. The van der Waals surface area contributed by atoms with Gasteiger partial charge in [0, 0.05) is 17.1 Å². The molecule has 4 heteroatoms. The van der Waals surface area contributed by atoms with E-state index in [9.17, 15) is 4.79 Å². The minimum absolute atomic E-state index is 0.00844. The number of piperidine rings is 1. The molecule has 2 saturated carbocycles. The molecule has 1 aromatic carbocycles. The van der Waals surface area contributed by atoms with Crippen LogP contribution in [0.1, 0.15) is 38.2 Å². The average molecular weight is 338 g/mol. The standard InChI is InChI=1S/C21H26N2O2/c1-13-19-8-5-10-23-11-9-20(18(19)23)14-6-3-4-7-16(14)22-21(13,20)15(12-19)17(24)25-2/h3-4,6-7,13,15,18,22H,5,8-12H2,1-2H3/t13-,15-,18-,19+,20+,21+/m0/s1. The fourth-order valence-corrected chi connectivity index (χ4v) is 8.44. The highest BCUT2D eigenvalue weighted by Gasteiger charge is 2.86. The second-order valence-corrected chi connectivity index (χ2v) is 9.04. The Labute approximate surface area is 148 Å². The van der Waals surface area contributed by atoms with E-state index < -0.39 is 0 Å². The molecule has 3 aliphatic heterocycles. The molecule has 6 rings (SSSR count). The summed E-state index contributed by atoms with van der Waals surface area (Å²) in [7, 11) is 1.56. The van der Waals surface area contributed by atoms with Crippen LogP contribution < -0.4 is 5.32 Å². The van der Waals surface area contributed by atoms with Crippen LogP contribution in [0.4, 0.5) is 5.69 Å². The Morgan fingerprint density at radius 3 is 2.96 bits per heavy atom. The van der Waals surface area contributed by atoms with Crippen LogP contribution in [0.5, 0.6) is 0 Å². The maximum Gasteiger partial charge on any atom is 0.311 e. The first-order valence-corrected chi connectivity index (χ1v) is 9.81. The van der Waals surface area contributed by atoms with Gasteiger partial charge in [0.25, 0.3) is 0 Å². The van der Waals surface area contributed by atoms with Crippen LogP contribution in [0.15, 0.2) is 24.3 Å². The number of carbonyl (C=O) groups is 1. The molecular formula is C21H26N2O2. The molecule has 1 N–H and O–H groups in total. The zero-order valence-corrected chi connectivity index (χ0v) is 15.0. The number of rotatable bonds is 1. The lowest BCUT2D eigenvalue weighted by Gasteiger charge is -2.52. The second kappa shape index (κ2) is 4.22. The Morgan fingerprint density at radius 1 is 1.28 bits per heavy atom. The number of esters is 1. The number of fused-ring (bicyclic) bond motifs is 1. The van der Waals surface area contributed by atoms with Gasteiger partial charge in [-0.2, -0.15) is 0 Å². The smallest absolute Gasteiger partial charge is 0.311 e.